The minimum Gasteiger partial charge on any atom is -0.273 e. The zero-order chi connectivity index (χ0) is 22.8. The number of nitrogens with one attached hydrogen (secondary N) is 1. The van der Waals surface area contributed by atoms with Crippen molar-refractivity contribution >= 4 is 23.7 Å². The maximum atomic E-state index is 13.1. The van der Waals surface area contributed by atoms with Crippen LogP contribution in [-0.4, -0.2) is 21.9 Å². The number of carbonyl (C=O) groups excluding carboxylic acids is 1. The van der Waals surface area contributed by atoms with E-state index in [1.807, 2.05) is 73.7 Å². The zero-order valence-corrected chi connectivity index (χ0v) is 18.9. The summed E-state index contributed by atoms with van der Waals surface area (Å²) in [6.07, 6.45) is 2.31. The van der Waals surface area contributed by atoms with Gasteiger partial charge in [0.2, 0.25) is 5.91 Å². The molecule has 0 saturated heterocycles. The quantitative estimate of drug-likeness (QED) is 0.318. The molecule has 1 N–H and O–H groups in total. The molecule has 164 valence electrons. The predicted molar refractivity (Wildman–Crippen MR) is 131 cm³/mol. The number of nitrogens with zero attached hydrogens (tertiary/aromatic N) is 3. The molecular formula is C27H23ClN4O. The molecule has 0 bridgehead atoms. The summed E-state index contributed by atoms with van der Waals surface area (Å²) in [6.45, 7) is 1.87. The second-order valence-electron chi connectivity index (χ2n) is 8.23. The van der Waals surface area contributed by atoms with E-state index in [-0.39, 0.29) is 17.2 Å². The van der Waals surface area contributed by atoms with Crippen LogP contribution in [0.15, 0.2) is 96.1 Å². The first-order valence-electron chi connectivity index (χ1n) is 10.9. The maximum Gasteiger partial charge on any atom is 0.244 e. The number of amides is 1. The number of para-hydroxylation sites is 1. The number of aryl methyl sites for hydroxylation is 1. The molecule has 5 nitrogen and oxygen atoms in total. The van der Waals surface area contributed by atoms with E-state index in [9.17, 15) is 4.79 Å². The van der Waals surface area contributed by atoms with E-state index in [0.717, 1.165) is 28.9 Å². The Kier molecular flexibility index (Phi) is 5.56. The highest BCUT2D eigenvalue weighted by atomic mass is 35.5. The molecule has 1 amide bonds. The van der Waals surface area contributed by atoms with Crippen molar-refractivity contribution in [2.45, 2.75) is 18.8 Å². The number of hydrogen-bond acceptors (Lipinski definition) is 3. The van der Waals surface area contributed by atoms with Gasteiger partial charge >= 0.3 is 0 Å². The Hall–Kier alpha value is -3.70. The molecule has 33 heavy (non-hydrogen) atoms. The first-order valence-corrected chi connectivity index (χ1v) is 11.2. The third kappa shape index (κ3) is 3.85. The molecule has 0 radical (unpaired) electrons. The van der Waals surface area contributed by atoms with Gasteiger partial charge in [0.1, 0.15) is 5.15 Å². The van der Waals surface area contributed by atoms with Gasteiger partial charge in [0, 0.05) is 5.41 Å². The molecule has 1 aromatic heterocycles. The van der Waals surface area contributed by atoms with Crippen molar-refractivity contribution in [3.8, 4) is 5.69 Å². The number of hydrazone groups is 1. The summed E-state index contributed by atoms with van der Waals surface area (Å²) in [4.78, 5) is 13.1. The lowest BCUT2D eigenvalue weighted by Gasteiger charge is -2.18. The second kappa shape index (κ2) is 8.68. The molecule has 6 heteroatoms. The van der Waals surface area contributed by atoms with Crippen LogP contribution in [0.3, 0.4) is 0 Å². The van der Waals surface area contributed by atoms with Gasteiger partial charge in [-0.1, -0.05) is 90.5 Å². The normalized spacial score (nSPS) is 16.6. The van der Waals surface area contributed by atoms with Crippen LogP contribution in [0.4, 0.5) is 0 Å². The summed E-state index contributed by atoms with van der Waals surface area (Å²) in [7, 11) is 0. The van der Waals surface area contributed by atoms with Gasteiger partial charge in [0.15, 0.2) is 0 Å². The lowest BCUT2D eigenvalue weighted by atomic mass is 9.85. The minimum absolute atomic E-state index is 0.108. The number of carbonyl (C=O) groups is 1. The molecule has 1 aliphatic carbocycles. The number of hydrogen-bond donors (Lipinski definition) is 1. The van der Waals surface area contributed by atoms with E-state index in [4.69, 9.17) is 11.6 Å². The number of rotatable bonds is 6. The zero-order valence-electron chi connectivity index (χ0n) is 18.1. The lowest BCUT2D eigenvalue weighted by molar-refractivity contribution is -0.122. The lowest BCUT2D eigenvalue weighted by Crippen LogP contribution is -2.25. The van der Waals surface area contributed by atoms with Gasteiger partial charge in [-0.15, -0.1) is 0 Å². The van der Waals surface area contributed by atoms with E-state index >= 15 is 0 Å². The SMILES string of the molecule is Cc1nn(-c2ccccc2)c(Cl)c1/C=N/NC(=O)C1CC1(c1ccccc1)c1ccccc1. The molecule has 4 aromatic rings. The van der Waals surface area contributed by atoms with Crippen molar-refractivity contribution in [1.82, 2.24) is 15.2 Å². The fourth-order valence-corrected chi connectivity index (χ4v) is 4.81. The molecule has 1 heterocycles. The average Bonchev–Trinajstić information content (AvgIpc) is 3.57. The van der Waals surface area contributed by atoms with Crippen molar-refractivity contribution in [1.29, 1.82) is 0 Å². The summed E-state index contributed by atoms with van der Waals surface area (Å²) in [5.74, 6) is -0.300. The molecule has 0 aliphatic heterocycles. The monoisotopic (exact) mass is 454 g/mol. The van der Waals surface area contributed by atoms with Crippen LogP contribution in [0, 0.1) is 12.8 Å². The van der Waals surface area contributed by atoms with E-state index in [1.165, 1.54) is 0 Å². The third-order valence-corrected chi connectivity index (χ3v) is 6.64. The third-order valence-electron chi connectivity index (χ3n) is 6.27. The molecule has 1 atom stereocenters. The first-order chi connectivity index (χ1) is 16.1. The fraction of sp³-hybridized carbons (Fsp3) is 0.148. The van der Waals surface area contributed by atoms with Gasteiger partial charge in [-0.3, -0.25) is 4.79 Å². The van der Waals surface area contributed by atoms with Gasteiger partial charge in [0.05, 0.1) is 29.1 Å². The molecule has 1 saturated carbocycles. The van der Waals surface area contributed by atoms with E-state index < -0.39 is 0 Å². The fourth-order valence-electron chi connectivity index (χ4n) is 4.49. The van der Waals surface area contributed by atoms with Crippen LogP contribution in [0.1, 0.15) is 28.8 Å². The van der Waals surface area contributed by atoms with Crippen molar-refractivity contribution in [3.05, 3.63) is 119 Å². The molecule has 1 fully saturated rings. The summed E-state index contributed by atoms with van der Waals surface area (Å²) >= 11 is 6.56. The topological polar surface area (TPSA) is 59.3 Å². The van der Waals surface area contributed by atoms with E-state index in [2.05, 4.69) is 39.9 Å². The highest BCUT2D eigenvalue weighted by Crippen LogP contribution is 2.58. The Morgan fingerprint density at radius 2 is 1.55 bits per heavy atom. The van der Waals surface area contributed by atoms with Crippen LogP contribution in [0.25, 0.3) is 5.69 Å². The molecule has 1 aliphatic rings. The van der Waals surface area contributed by atoms with Gasteiger partial charge < -0.3 is 0 Å². The highest BCUT2D eigenvalue weighted by Gasteiger charge is 2.60. The van der Waals surface area contributed by atoms with Crippen LogP contribution < -0.4 is 5.43 Å². The molecule has 1 unspecified atom stereocenters. The second-order valence-corrected chi connectivity index (χ2v) is 8.59. The molecule has 0 spiro atoms. The smallest absolute Gasteiger partial charge is 0.244 e. The Balaban J connectivity index is 1.35. The summed E-state index contributed by atoms with van der Waals surface area (Å²) in [5, 5.41) is 9.18. The molecule has 5 rings (SSSR count). The molecule has 3 aromatic carbocycles. The van der Waals surface area contributed by atoms with E-state index in [0.29, 0.717) is 10.7 Å². The number of benzene rings is 3. The minimum atomic E-state index is -0.326. The van der Waals surface area contributed by atoms with Crippen LogP contribution in [0.5, 0.6) is 0 Å². The van der Waals surface area contributed by atoms with Gasteiger partial charge in [-0.25, -0.2) is 10.1 Å². The van der Waals surface area contributed by atoms with Crippen molar-refractivity contribution < 1.29 is 4.79 Å². The van der Waals surface area contributed by atoms with E-state index in [1.54, 1.807) is 10.9 Å². The molecular weight excluding hydrogens is 432 g/mol. The first kappa shape index (κ1) is 21.2. The Morgan fingerprint density at radius 3 is 2.12 bits per heavy atom. The maximum absolute atomic E-state index is 13.1. The highest BCUT2D eigenvalue weighted by molar-refractivity contribution is 6.32. The summed E-state index contributed by atoms with van der Waals surface area (Å²) < 4.78 is 1.66. The predicted octanol–water partition coefficient (Wildman–Crippen LogP) is 5.29. The number of aromatic nitrogens is 2. The van der Waals surface area contributed by atoms with Gasteiger partial charge in [-0.05, 0) is 36.6 Å². The van der Waals surface area contributed by atoms with Crippen LogP contribution in [-0.2, 0) is 10.2 Å². The van der Waals surface area contributed by atoms with Crippen LogP contribution >= 0.6 is 11.6 Å². The van der Waals surface area contributed by atoms with Gasteiger partial charge in [-0.2, -0.15) is 10.2 Å². The number of halogens is 1. The largest absolute Gasteiger partial charge is 0.273 e. The van der Waals surface area contributed by atoms with Crippen molar-refractivity contribution in [2.75, 3.05) is 0 Å². The van der Waals surface area contributed by atoms with Gasteiger partial charge in [0.25, 0.3) is 0 Å². The average molecular weight is 455 g/mol. The summed E-state index contributed by atoms with van der Waals surface area (Å²) in [6, 6.07) is 30.1. The van der Waals surface area contributed by atoms with Crippen LogP contribution in [0.2, 0.25) is 5.15 Å². The Labute approximate surface area is 197 Å². The van der Waals surface area contributed by atoms with Crippen molar-refractivity contribution in [3.63, 3.8) is 0 Å². The summed E-state index contributed by atoms with van der Waals surface area (Å²) in [5.41, 5.74) is 6.96. The van der Waals surface area contributed by atoms with Crippen molar-refractivity contribution in [2.24, 2.45) is 11.0 Å². The Bertz CT molecular complexity index is 1260. The Morgan fingerprint density at radius 1 is 1.00 bits per heavy atom. The standard InChI is InChI=1S/C27H23ClN4O/c1-19-23(25(28)32(31-19)22-15-9-4-10-16-22)18-29-30-26(33)24-17-27(24,20-11-5-2-6-12-20)21-13-7-3-8-14-21/h2-16,18,24H,17H2,1H3,(H,30,33)/b29-18+.